The van der Waals surface area contributed by atoms with E-state index in [4.69, 9.17) is 4.74 Å². The molecule has 0 aliphatic carbocycles. The molecular formula is C52H30O. The average Bonchev–Trinajstić information content (AvgIpc) is 3.19. The first-order chi connectivity index (χ1) is 26.2. The predicted molar refractivity (Wildman–Crippen MR) is 228 cm³/mol. The Hall–Kier alpha value is -6.96. The van der Waals surface area contributed by atoms with Crippen LogP contribution >= 0.6 is 0 Å². The second kappa shape index (κ2) is 10.8. The van der Waals surface area contributed by atoms with Crippen LogP contribution in [0.25, 0.3) is 108 Å². The van der Waals surface area contributed by atoms with E-state index >= 15 is 0 Å². The molecule has 12 aromatic rings. The summed E-state index contributed by atoms with van der Waals surface area (Å²) in [6.45, 7) is 0. The Morgan fingerprint density at radius 2 is 0.472 bits per heavy atom. The lowest BCUT2D eigenvalue weighted by Gasteiger charge is -2.14. The molecule has 0 aliphatic rings. The summed E-state index contributed by atoms with van der Waals surface area (Å²) in [6.07, 6.45) is 0. The minimum absolute atomic E-state index is 0.858. The molecule has 0 aliphatic heterocycles. The van der Waals surface area contributed by atoms with Crippen molar-refractivity contribution in [1.29, 1.82) is 0 Å². The SMILES string of the molecule is c1ccc2cc3cc4c(ccc5cc6cccc(Oc7cccc8cc9ccc%10cc%11cc%12ccccc%12cc%11cc%10c9cc78)c6cc54)cc3cc2c1. The van der Waals surface area contributed by atoms with E-state index < -0.39 is 0 Å². The van der Waals surface area contributed by atoms with Gasteiger partial charge in [-0.2, -0.15) is 0 Å². The Labute approximate surface area is 304 Å². The number of rotatable bonds is 2. The summed E-state index contributed by atoms with van der Waals surface area (Å²) in [4.78, 5) is 0. The summed E-state index contributed by atoms with van der Waals surface area (Å²) >= 11 is 0. The lowest BCUT2D eigenvalue weighted by atomic mass is 9.94. The van der Waals surface area contributed by atoms with Crippen LogP contribution in [0.1, 0.15) is 0 Å². The fraction of sp³-hybridized carbons (Fsp3) is 0. The predicted octanol–water partition coefficient (Wildman–Crippen LogP) is 15.0. The molecule has 0 fully saturated rings. The lowest BCUT2D eigenvalue weighted by molar-refractivity contribution is 0.494. The summed E-state index contributed by atoms with van der Waals surface area (Å²) in [5, 5.41) is 24.6. The summed E-state index contributed by atoms with van der Waals surface area (Å²) in [6, 6.07) is 66.9. The van der Waals surface area contributed by atoms with Crippen LogP contribution in [0.15, 0.2) is 182 Å². The maximum absolute atomic E-state index is 6.96. The molecular weight excluding hydrogens is 641 g/mol. The van der Waals surface area contributed by atoms with Gasteiger partial charge in [0.2, 0.25) is 0 Å². The van der Waals surface area contributed by atoms with E-state index in [1.54, 1.807) is 0 Å². The Kier molecular flexibility index (Phi) is 5.84. The largest absolute Gasteiger partial charge is 0.456 e. The van der Waals surface area contributed by atoms with Gasteiger partial charge in [-0.3, -0.25) is 0 Å². The molecule has 0 N–H and O–H groups in total. The number of fused-ring (bicyclic) bond motifs is 12. The van der Waals surface area contributed by atoms with Gasteiger partial charge in [-0.15, -0.1) is 0 Å². The smallest absolute Gasteiger partial charge is 0.135 e. The standard InChI is InChI=1S/C52H30O/c1-3-9-33-21-43-27-45-39(25-41(43)19-31(33)7-1)17-15-37-23-35-11-5-13-51(49(35)29-47(37)45)53-52-14-6-12-36-24-38-16-18-40-26-42-20-32-8-2-4-10-34(32)22-44(42)28-46(40)48(38)30-50(36)52/h1-30H. The van der Waals surface area contributed by atoms with Crippen molar-refractivity contribution in [2.75, 3.05) is 0 Å². The Morgan fingerprint density at radius 3 is 0.868 bits per heavy atom. The van der Waals surface area contributed by atoms with Gasteiger partial charge in [-0.1, -0.05) is 97.1 Å². The van der Waals surface area contributed by atoms with Gasteiger partial charge in [0.1, 0.15) is 11.5 Å². The fourth-order valence-electron chi connectivity index (χ4n) is 8.79. The van der Waals surface area contributed by atoms with Crippen LogP contribution in [0, 0.1) is 0 Å². The van der Waals surface area contributed by atoms with E-state index in [2.05, 4.69) is 182 Å². The van der Waals surface area contributed by atoms with Crippen molar-refractivity contribution in [2.45, 2.75) is 0 Å². The monoisotopic (exact) mass is 670 g/mol. The zero-order valence-electron chi connectivity index (χ0n) is 28.7. The molecule has 12 rings (SSSR count). The fourth-order valence-corrected chi connectivity index (χ4v) is 8.79. The first kappa shape index (κ1) is 28.7. The van der Waals surface area contributed by atoms with Crippen LogP contribution < -0.4 is 4.74 Å². The second-order valence-electron chi connectivity index (χ2n) is 14.6. The second-order valence-corrected chi connectivity index (χ2v) is 14.6. The molecule has 0 saturated carbocycles. The van der Waals surface area contributed by atoms with Crippen LogP contribution in [-0.2, 0) is 0 Å². The van der Waals surface area contributed by atoms with Crippen molar-refractivity contribution >= 4 is 108 Å². The number of ether oxygens (including phenoxy) is 1. The van der Waals surface area contributed by atoms with E-state index in [9.17, 15) is 0 Å². The highest BCUT2D eigenvalue weighted by molar-refractivity contribution is 6.18. The van der Waals surface area contributed by atoms with Crippen molar-refractivity contribution in [3.63, 3.8) is 0 Å². The zero-order chi connectivity index (χ0) is 34.6. The van der Waals surface area contributed by atoms with Crippen LogP contribution in [-0.4, -0.2) is 0 Å². The first-order valence-corrected chi connectivity index (χ1v) is 18.3. The van der Waals surface area contributed by atoms with Gasteiger partial charge < -0.3 is 4.74 Å². The van der Waals surface area contributed by atoms with Gasteiger partial charge >= 0.3 is 0 Å². The van der Waals surface area contributed by atoms with Crippen molar-refractivity contribution in [1.82, 2.24) is 0 Å². The highest BCUT2D eigenvalue weighted by Crippen LogP contribution is 2.41. The van der Waals surface area contributed by atoms with Crippen molar-refractivity contribution in [3.8, 4) is 11.5 Å². The first-order valence-electron chi connectivity index (χ1n) is 18.3. The zero-order valence-corrected chi connectivity index (χ0v) is 28.7. The molecule has 0 bridgehead atoms. The molecule has 1 heteroatoms. The Morgan fingerprint density at radius 1 is 0.189 bits per heavy atom. The highest BCUT2D eigenvalue weighted by Gasteiger charge is 2.13. The third kappa shape index (κ3) is 4.44. The molecule has 0 radical (unpaired) electrons. The molecule has 244 valence electrons. The highest BCUT2D eigenvalue weighted by atomic mass is 16.5. The van der Waals surface area contributed by atoms with E-state index in [0.29, 0.717) is 0 Å². The van der Waals surface area contributed by atoms with Gasteiger partial charge in [0.15, 0.2) is 0 Å². The van der Waals surface area contributed by atoms with Crippen molar-refractivity contribution in [3.05, 3.63) is 182 Å². The summed E-state index contributed by atoms with van der Waals surface area (Å²) in [5.41, 5.74) is 0. The van der Waals surface area contributed by atoms with Gasteiger partial charge in [0.25, 0.3) is 0 Å². The van der Waals surface area contributed by atoms with Crippen LogP contribution in [0.2, 0.25) is 0 Å². The summed E-state index contributed by atoms with van der Waals surface area (Å²) in [7, 11) is 0. The molecule has 0 saturated heterocycles. The van der Waals surface area contributed by atoms with Gasteiger partial charge in [0, 0.05) is 10.8 Å². The minimum atomic E-state index is 0.858. The van der Waals surface area contributed by atoms with E-state index in [1.807, 2.05) is 0 Å². The van der Waals surface area contributed by atoms with E-state index in [-0.39, 0.29) is 0 Å². The maximum Gasteiger partial charge on any atom is 0.135 e. The Balaban J connectivity index is 1.03. The molecule has 0 unspecified atom stereocenters. The molecule has 0 heterocycles. The van der Waals surface area contributed by atoms with Gasteiger partial charge in [-0.25, -0.2) is 0 Å². The summed E-state index contributed by atoms with van der Waals surface area (Å²) < 4.78 is 6.96. The molecule has 1 nitrogen and oxygen atoms in total. The van der Waals surface area contributed by atoms with Crippen LogP contribution in [0.3, 0.4) is 0 Å². The van der Waals surface area contributed by atoms with Crippen molar-refractivity contribution < 1.29 is 4.74 Å². The molecule has 12 aromatic carbocycles. The summed E-state index contributed by atoms with van der Waals surface area (Å²) in [5.74, 6) is 1.72. The Bertz CT molecular complexity index is 3300. The maximum atomic E-state index is 6.96. The normalized spacial score (nSPS) is 12.2. The molecule has 0 aromatic heterocycles. The van der Waals surface area contributed by atoms with E-state index in [0.717, 1.165) is 33.0 Å². The quantitative estimate of drug-likeness (QED) is 0.131. The van der Waals surface area contributed by atoms with Gasteiger partial charge in [0.05, 0.1) is 0 Å². The number of hydrogen-bond acceptors (Lipinski definition) is 1. The van der Waals surface area contributed by atoms with Crippen LogP contribution in [0.4, 0.5) is 0 Å². The molecule has 0 atom stereocenters. The molecule has 53 heavy (non-hydrogen) atoms. The van der Waals surface area contributed by atoms with Gasteiger partial charge in [-0.05, 0) is 182 Å². The minimum Gasteiger partial charge on any atom is -0.456 e. The average molecular weight is 671 g/mol. The third-order valence-corrected chi connectivity index (χ3v) is 11.5. The molecule has 0 spiro atoms. The topological polar surface area (TPSA) is 9.23 Å². The van der Waals surface area contributed by atoms with Crippen LogP contribution in [0.5, 0.6) is 11.5 Å². The lowest BCUT2D eigenvalue weighted by Crippen LogP contribution is -1.89. The third-order valence-electron chi connectivity index (χ3n) is 11.5. The van der Waals surface area contributed by atoms with Crippen molar-refractivity contribution in [2.24, 2.45) is 0 Å². The number of hydrogen-bond donors (Lipinski definition) is 0. The number of benzene rings is 12. The molecule has 0 amide bonds. The van der Waals surface area contributed by atoms with E-state index in [1.165, 1.54) is 86.2 Å².